The number of alkyl halides is 1. The van der Waals surface area contributed by atoms with Crippen LogP contribution >= 0.6 is 66.4 Å². The average molecular weight is 415 g/mol. The molecule has 0 radical (unpaired) electrons. The van der Waals surface area contributed by atoms with E-state index in [-0.39, 0.29) is 4.83 Å². The number of rotatable bonds is 2. The summed E-state index contributed by atoms with van der Waals surface area (Å²) >= 11 is 20.9. The maximum atomic E-state index is 6.13. The molecule has 5 heteroatoms. The standard InChI is InChI=1S/C12H8Br2Cl2S/c1-6-2-3-7(4-8(6)15)11(13)10-5-9(16)12(14)17-10/h2-5,11H,1H3. The topological polar surface area (TPSA) is 0 Å². The normalized spacial score (nSPS) is 12.8. The van der Waals surface area contributed by atoms with Gasteiger partial charge >= 0.3 is 0 Å². The molecule has 90 valence electrons. The Labute approximate surface area is 131 Å². The largest absolute Gasteiger partial charge is 0.130 e. The zero-order valence-corrected chi connectivity index (χ0v) is 14.3. The number of halogens is 4. The molecule has 0 saturated carbocycles. The summed E-state index contributed by atoms with van der Waals surface area (Å²) in [5.41, 5.74) is 2.21. The molecule has 0 bridgehead atoms. The first-order valence-electron chi connectivity index (χ1n) is 4.84. The molecule has 0 saturated heterocycles. The van der Waals surface area contributed by atoms with Crippen molar-refractivity contribution in [3.05, 3.63) is 54.1 Å². The summed E-state index contributed by atoms with van der Waals surface area (Å²) in [6.07, 6.45) is 0. The van der Waals surface area contributed by atoms with Crippen LogP contribution in [0.15, 0.2) is 28.1 Å². The van der Waals surface area contributed by atoms with Gasteiger partial charge in [0.1, 0.15) is 0 Å². The van der Waals surface area contributed by atoms with Gasteiger partial charge in [-0.15, -0.1) is 11.3 Å². The Bertz CT molecular complexity index is 532. The predicted octanol–water partition coefficient (Wildman–Crippen LogP) is 6.61. The van der Waals surface area contributed by atoms with E-state index in [4.69, 9.17) is 23.2 Å². The van der Waals surface area contributed by atoms with Crippen molar-refractivity contribution in [1.82, 2.24) is 0 Å². The van der Waals surface area contributed by atoms with Gasteiger partial charge in [-0.25, -0.2) is 0 Å². The molecule has 1 unspecified atom stereocenters. The molecular formula is C12H8Br2Cl2S. The third kappa shape index (κ3) is 3.07. The van der Waals surface area contributed by atoms with E-state index in [1.165, 1.54) is 0 Å². The molecular weight excluding hydrogens is 407 g/mol. The summed E-state index contributed by atoms with van der Waals surface area (Å²) in [6.45, 7) is 1.99. The van der Waals surface area contributed by atoms with Gasteiger partial charge in [0.05, 0.1) is 13.6 Å². The zero-order valence-electron chi connectivity index (χ0n) is 8.81. The van der Waals surface area contributed by atoms with Crippen molar-refractivity contribution in [2.45, 2.75) is 11.8 Å². The van der Waals surface area contributed by atoms with Gasteiger partial charge in [-0.3, -0.25) is 0 Å². The summed E-state index contributed by atoms with van der Waals surface area (Å²) < 4.78 is 0.955. The van der Waals surface area contributed by atoms with Gasteiger partial charge in [0.2, 0.25) is 0 Å². The van der Waals surface area contributed by atoms with Crippen LogP contribution in [0.1, 0.15) is 20.8 Å². The third-order valence-corrected chi connectivity index (χ3v) is 6.67. The van der Waals surface area contributed by atoms with Gasteiger partial charge in [0.25, 0.3) is 0 Å². The minimum Gasteiger partial charge on any atom is -0.130 e. The summed E-state index contributed by atoms with van der Waals surface area (Å²) in [6, 6.07) is 8.04. The highest BCUT2D eigenvalue weighted by Crippen LogP contribution is 2.41. The molecule has 1 aromatic carbocycles. The Morgan fingerprint density at radius 2 is 1.88 bits per heavy atom. The molecule has 1 heterocycles. The minimum atomic E-state index is 0.120. The lowest BCUT2D eigenvalue weighted by atomic mass is 10.1. The number of hydrogen-bond acceptors (Lipinski definition) is 1. The van der Waals surface area contributed by atoms with Crippen molar-refractivity contribution < 1.29 is 0 Å². The number of aryl methyl sites for hydroxylation is 1. The molecule has 0 N–H and O–H groups in total. The maximum absolute atomic E-state index is 6.13. The lowest BCUT2D eigenvalue weighted by Crippen LogP contribution is -1.90. The minimum absolute atomic E-state index is 0.120. The molecule has 0 aliphatic carbocycles. The van der Waals surface area contributed by atoms with Crippen molar-refractivity contribution in [1.29, 1.82) is 0 Å². The molecule has 0 amide bonds. The van der Waals surface area contributed by atoms with Crippen LogP contribution in [0, 0.1) is 6.92 Å². The summed E-state index contributed by atoms with van der Waals surface area (Å²) in [4.78, 5) is 1.27. The highest BCUT2D eigenvalue weighted by atomic mass is 79.9. The molecule has 0 spiro atoms. The van der Waals surface area contributed by atoms with Crippen LogP contribution in [0.3, 0.4) is 0 Å². The van der Waals surface area contributed by atoms with E-state index in [9.17, 15) is 0 Å². The van der Waals surface area contributed by atoms with Crippen LogP contribution < -0.4 is 0 Å². The number of thiophene rings is 1. The van der Waals surface area contributed by atoms with E-state index in [1.54, 1.807) is 11.3 Å². The van der Waals surface area contributed by atoms with Crippen molar-refractivity contribution in [2.75, 3.05) is 0 Å². The molecule has 0 aliphatic heterocycles. The zero-order chi connectivity index (χ0) is 12.6. The first-order chi connectivity index (χ1) is 7.99. The predicted molar refractivity (Wildman–Crippen MR) is 84.0 cm³/mol. The number of benzene rings is 1. The summed E-state index contributed by atoms with van der Waals surface area (Å²) in [5, 5.41) is 1.53. The van der Waals surface area contributed by atoms with E-state index >= 15 is 0 Å². The molecule has 17 heavy (non-hydrogen) atoms. The quantitative estimate of drug-likeness (QED) is 0.485. The fourth-order valence-corrected chi connectivity index (χ4v) is 4.06. The van der Waals surface area contributed by atoms with E-state index < -0.39 is 0 Å². The molecule has 0 fully saturated rings. The highest BCUT2D eigenvalue weighted by molar-refractivity contribution is 9.11. The molecule has 0 nitrogen and oxygen atoms in total. The summed E-state index contributed by atoms with van der Waals surface area (Å²) in [5.74, 6) is 0. The fourth-order valence-electron chi connectivity index (χ4n) is 1.42. The monoisotopic (exact) mass is 412 g/mol. The molecule has 0 aliphatic rings. The second kappa shape index (κ2) is 5.62. The molecule has 1 aromatic heterocycles. The van der Waals surface area contributed by atoms with Crippen LogP contribution in [0.2, 0.25) is 10.0 Å². The Morgan fingerprint density at radius 1 is 1.18 bits per heavy atom. The second-order valence-corrected chi connectivity index (χ2v) is 7.77. The second-order valence-electron chi connectivity index (χ2n) is 3.64. The van der Waals surface area contributed by atoms with E-state index in [0.717, 1.165) is 29.8 Å². The van der Waals surface area contributed by atoms with Crippen molar-refractivity contribution >= 4 is 66.4 Å². The van der Waals surface area contributed by atoms with Gasteiger partial charge in [0, 0.05) is 9.90 Å². The molecule has 2 rings (SSSR count). The SMILES string of the molecule is Cc1ccc(C(Br)c2cc(Cl)c(Br)s2)cc1Cl. The first-order valence-corrected chi connectivity index (χ1v) is 8.12. The van der Waals surface area contributed by atoms with Crippen molar-refractivity contribution in [3.8, 4) is 0 Å². The Morgan fingerprint density at radius 3 is 2.41 bits per heavy atom. The highest BCUT2D eigenvalue weighted by Gasteiger charge is 2.15. The van der Waals surface area contributed by atoms with E-state index in [0.29, 0.717) is 0 Å². The molecule has 2 aromatic rings. The lowest BCUT2D eigenvalue weighted by Gasteiger charge is -2.09. The van der Waals surface area contributed by atoms with E-state index in [2.05, 4.69) is 37.9 Å². The van der Waals surface area contributed by atoms with Gasteiger partial charge < -0.3 is 0 Å². The van der Waals surface area contributed by atoms with Crippen LogP contribution in [0.5, 0.6) is 0 Å². The van der Waals surface area contributed by atoms with Crippen LogP contribution in [0.25, 0.3) is 0 Å². The van der Waals surface area contributed by atoms with Crippen LogP contribution in [-0.4, -0.2) is 0 Å². The first kappa shape index (κ1) is 13.9. The van der Waals surface area contributed by atoms with Gasteiger partial charge in [-0.2, -0.15) is 0 Å². The Balaban J connectivity index is 2.36. The lowest BCUT2D eigenvalue weighted by molar-refractivity contribution is 1.22. The Hall–Kier alpha value is 0.460. The third-order valence-electron chi connectivity index (χ3n) is 2.40. The summed E-state index contributed by atoms with van der Waals surface area (Å²) in [7, 11) is 0. The van der Waals surface area contributed by atoms with Crippen molar-refractivity contribution in [2.24, 2.45) is 0 Å². The fraction of sp³-hybridized carbons (Fsp3) is 0.167. The van der Waals surface area contributed by atoms with Crippen LogP contribution in [0.4, 0.5) is 0 Å². The van der Waals surface area contributed by atoms with Gasteiger partial charge in [0.15, 0.2) is 0 Å². The van der Waals surface area contributed by atoms with Crippen LogP contribution in [-0.2, 0) is 0 Å². The average Bonchev–Trinajstić information content (AvgIpc) is 2.62. The maximum Gasteiger partial charge on any atom is 0.0887 e. The van der Waals surface area contributed by atoms with Gasteiger partial charge in [-0.05, 0) is 46.1 Å². The van der Waals surface area contributed by atoms with Crippen molar-refractivity contribution in [3.63, 3.8) is 0 Å². The Kier molecular flexibility index (Phi) is 4.59. The van der Waals surface area contributed by atoms with E-state index in [1.807, 2.05) is 25.1 Å². The number of hydrogen-bond donors (Lipinski definition) is 0. The van der Waals surface area contributed by atoms with Gasteiger partial charge in [-0.1, -0.05) is 51.3 Å². The smallest absolute Gasteiger partial charge is 0.0887 e. The molecule has 1 atom stereocenters.